The highest BCUT2D eigenvalue weighted by atomic mass is 19.1. The van der Waals surface area contributed by atoms with Crippen LogP contribution in [0.15, 0.2) is 60.9 Å². The monoisotopic (exact) mass is 387 g/mol. The van der Waals surface area contributed by atoms with Crippen LogP contribution < -0.4 is 15.4 Å². The van der Waals surface area contributed by atoms with Crippen LogP contribution in [0.5, 0.6) is 11.5 Å². The molecule has 6 nitrogen and oxygen atoms in total. The molecule has 4 aromatic rings. The van der Waals surface area contributed by atoms with Crippen LogP contribution in [0, 0.1) is 24.1 Å². The van der Waals surface area contributed by atoms with Gasteiger partial charge < -0.3 is 15.4 Å². The summed E-state index contributed by atoms with van der Waals surface area (Å²) < 4.78 is 20.7. The quantitative estimate of drug-likeness (QED) is 0.490. The van der Waals surface area contributed by atoms with Crippen LogP contribution in [0.3, 0.4) is 0 Å². The van der Waals surface area contributed by atoms with Crippen molar-refractivity contribution in [2.45, 2.75) is 6.92 Å². The van der Waals surface area contributed by atoms with Crippen LogP contribution in [0.2, 0.25) is 0 Å². The van der Waals surface area contributed by atoms with Gasteiger partial charge in [-0.3, -0.25) is 0 Å². The van der Waals surface area contributed by atoms with Crippen LogP contribution in [-0.2, 0) is 0 Å². The lowest BCUT2D eigenvalue weighted by molar-refractivity contribution is 0.477. The number of benzene rings is 2. The maximum atomic E-state index is 13.3. The molecule has 0 bridgehead atoms. The number of fused-ring (bicyclic) bond motifs is 1. The molecule has 2 aromatic heterocycles. The first-order valence-electron chi connectivity index (χ1n) is 8.98. The lowest BCUT2D eigenvalue weighted by atomic mass is 10.1. The maximum absolute atomic E-state index is 13.3. The molecule has 144 valence electrons. The second-order valence-corrected chi connectivity index (χ2v) is 6.46. The van der Waals surface area contributed by atoms with Crippen LogP contribution in [0.4, 0.5) is 21.5 Å². The number of rotatable bonds is 5. The molecule has 0 atom stereocenters. The Hall–Kier alpha value is -4.05. The van der Waals surface area contributed by atoms with E-state index in [1.807, 2.05) is 32.3 Å². The van der Waals surface area contributed by atoms with Gasteiger partial charge in [-0.1, -0.05) is 6.07 Å². The van der Waals surface area contributed by atoms with Crippen LogP contribution >= 0.6 is 0 Å². The lowest BCUT2D eigenvalue weighted by Crippen LogP contribution is -2.00. The number of halogens is 1. The van der Waals surface area contributed by atoms with E-state index in [4.69, 9.17) is 4.74 Å². The normalized spacial score (nSPS) is 10.6. The Morgan fingerprint density at radius 1 is 1.14 bits per heavy atom. The van der Waals surface area contributed by atoms with Crippen molar-refractivity contribution in [2.75, 3.05) is 17.7 Å². The van der Waals surface area contributed by atoms with Gasteiger partial charge in [-0.25, -0.2) is 8.91 Å². The van der Waals surface area contributed by atoms with Gasteiger partial charge in [0.15, 0.2) is 0 Å². The summed E-state index contributed by atoms with van der Waals surface area (Å²) in [6.45, 7) is 1.98. The molecule has 29 heavy (non-hydrogen) atoms. The number of aromatic nitrogens is 2. The Kier molecular flexibility index (Phi) is 4.75. The molecule has 2 N–H and O–H groups in total. The Balaban J connectivity index is 1.65. The molecule has 0 saturated heterocycles. The van der Waals surface area contributed by atoms with Gasteiger partial charge in [0.2, 0.25) is 0 Å². The minimum atomic E-state index is -0.352. The standard InChI is InChI=1S/C22H18FN5O/c1-14-20(25-2)13-28-22(14)21(15(11-24)12-26-28)27-17-6-8-18(9-7-17)29-19-5-3-4-16(23)10-19/h3-10,12-13,25,27H,1-2H3. The van der Waals surface area contributed by atoms with Crippen molar-refractivity contribution in [1.82, 2.24) is 9.61 Å². The van der Waals surface area contributed by atoms with Crippen molar-refractivity contribution >= 4 is 22.6 Å². The molecule has 0 aliphatic carbocycles. The molecule has 0 amide bonds. The first-order chi connectivity index (χ1) is 14.1. The zero-order chi connectivity index (χ0) is 20.4. The van der Waals surface area contributed by atoms with Crippen LogP contribution in [0.1, 0.15) is 11.1 Å². The summed E-state index contributed by atoms with van der Waals surface area (Å²) in [7, 11) is 1.84. The molecule has 0 aliphatic heterocycles. The molecule has 0 unspecified atom stereocenters. The van der Waals surface area contributed by atoms with Gasteiger partial charge in [0.05, 0.1) is 34.8 Å². The van der Waals surface area contributed by atoms with Crippen molar-refractivity contribution < 1.29 is 9.13 Å². The fourth-order valence-corrected chi connectivity index (χ4v) is 3.17. The minimum Gasteiger partial charge on any atom is -0.457 e. The van der Waals surface area contributed by atoms with Crippen molar-refractivity contribution in [2.24, 2.45) is 0 Å². The number of anilines is 3. The third kappa shape index (κ3) is 3.56. The van der Waals surface area contributed by atoms with Crippen molar-refractivity contribution in [3.63, 3.8) is 0 Å². The average Bonchev–Trinajstić information content (AvgIpc) is 3.06. The van der Waals surface area contributed by atoms with E-state index in [1.165, 1.54) is 18.3 Å². The van der Waals surface area contributed by atoms with Gasteiger partial charge in [-0.2, -0.15) is 10.4 Å². The van der Waals surface area contributed by atoms with Gasteiger partial charge in [0.25, 0.3) is 0 Å². The van der Waals surface area contributed by atoms with Gasteiger partial charge in [0, 0.05) is 24.4 Å². The summed E-state index contributed by atoms with van der Waals surface area (Å²) in [5.41, 5.74) is 4.67. The van der Waals surface area contributed by atoms with Crippen molar-refractivity contribution in [1.29, 1.82) is 5.26 Å². The van der Waals surface area contributed by atoms with Gasteiger partial charge in [0.1, 0.15) is 23.4 Å². The van der Waals surface area contributed by atoms with E-state index < -0.39 is 0 Å². The van der Waals surface area contributed by atoms with E-state index in [0.29, 0.717) is 22.7 Å². The predicted molar refractivity (Wildman–Crippen MR) is 110 cm³/mol. The topological polar surface area (TPSA) is 74.4 Å². The third-order valence-electron chi connectivity index (χ3n) is 4.60. The van der Waals surface area contributed by atoms with Gasteiger partial charge in [-0.05, 0) is 43.3 Å². The highest BCUT2D eigenvalue weighted by Crippen LogP contribution is 2.32. The van der Waals surface area contributed by atoms with E-state index in [9.17, 15) is 9.65 Å². The number of ether oxygens (including phenoxy) is 1. The maximum Gasteiger partial charge on any atom is 0.130 e. The fraction of sp³-hybridized carbons (Fsp3) is 0.0909. The molecule has 2 aromatic carbocycles. The van der Waals surface area contributed by atoms with Crippen molar-refractivity contribution in [3.8, 4) is 17.6 Å². The molecule has 7 heteroatoms. The average molecular weight is 387 g/mol. The van der Waals surface area contributed by atoms with E-state index >= 15 is 0 Å². The van der Waals surface area contributed by atoms with Crippen molar-refractivity contribution in [3.05, 3.63) is 77.9 Å². The zero-order valence-electron chi connectivity index (χ0n) is 15.9. The van der Waals surface area contributed by atoms with E-state index in [1.54, 1.807) is 28.8 Å². The van der Waals surface area contributed by atoms with Crippen LogP contribution in [-0.4, -0.2) is 16.7 Å². The number of nitrogens with zero attached hydrogens (tertiary/aromatic N) is 3. The fourth-order valence-electron chi connectivity index (χ4n) is 3.17. The Morgan fingerprint density at radius 2 is 1.93 bits per heavy atom. The number of nitriles is 1. The second-order valence-electron chi connectivity index (χ2n) is 6.46. The number of hydrogen-bond acceptors (Lipinski definition) is 5. The third-order valence-corrected chi connectivity index (χ3v) is 4.60. The largest absolute Gasteiger partial charge is 0.457 e. The van der Waals surface area contributed by atoms with Crippen LogP contribution in [0.25, 0.3) is 5.52 Å². The Labute approximate surface area is 167 Å². The summed E-state index contributed by atoms with van der Waals surface area (Å²) in [5.74, 6) is 0.657. The minimum absolute atomic E-state index is 0.352. The lowest BCUT2D eigenvalue weighted by Gasteiger charge is -2.12. The molecular weight excluding hydrogens is 369 g/mol. The molecular formula is C22H18FN5O. The molecule has 2 heterocycles. The summed E-state index contributed by atoms with van der Waals surface area (Å²) >= 11 is 0. The molecule has 0 saturated carbocycles. The summed E-state index contributed by atoms with van der Waals surface area (Å²) in [6, 6.07) is 15.4. The van der Waals surface area contributed by atoms with E-state index in [2.05, 4.69) is 21.8 Å². The first-order valence-corrected chi connectivity index (χ1v) is 8.98. The molecule has 0 radical (unpaired) electrons. The molecule has 4 rings (SSSR count). The predicted octanol–water partition coefficient (Wildman–Crippen LogP) is 5.23. The summed E-state index contributed by atoms with van der Waals surface area (Å²) in [6.07, 6.45) is 3.42. The Bertz CT molecular complexity index is 1220. The highest BCUT2D eigenvalue weighted by Gasteiger charge is 2.15. The smallest absolute Gasteiger partial charge is 0.130 e. The number of hydrogen-bond donors (Lipinski definition) is 2. The number of aryl methyl sites for hydroxylation is 1. The van der Waals surface area contributed by atoms with Gasteiger partial charge in [-0.15, -0.1) is 0 Å². The van der Waals surface area contributed by atoms with E-state index in [-0.39, 0.29) is 5.82 Å². The first kappa shape index (κ1) is 18.3. The SMILES string of the molecule is CNc1cn2ncc(C#N)c(Nc3ccc(Oc4cccc(F)c4)cc3)c2c1C. The van der Waals surface area contributed by atoms with E-state index in [0.717, 1.165) is 22.5 Å². The summed E-state index contributed by atoms with van der Waals surface area (Å²) in [5, 5.41) is 20.3. The molecule has 0 aliphatic rings. The second kappa shape index (κ2) is 7.52. The Morgan fingerprint density at radius 3 is 2.62 bits per heavy atom. The summed E-state index contributed by atoms with van der Waals surface area (Å²) in [4.78, 5) is 0. The molecule has 0 fully saturated rings. The highest BCUT2D eigenvalue weighted by molar-refractivity contribution is 5.87. The van der Waals surface area contributed by atoms with Gasteiger partial charge >= 0.3 is 0 Å². The zero-order valence-corrected chi connectivity index (χ0v) is 15.9. The molecule has 0 spiro atoms. The number of nitrogens with one attached hydrogen (secondary N) is 2.